The van der Waals surface area contributed by atoms with E-state index >= 15 is 0 Å². The molecule has 6 rings (SSSR count). The van der Waals surface area contributed by atoms with E-state index in [0.29, 0.717) is 5.02 Å². The molecule has 0 radical (unpaired) electrons. The number of rotatable bonds is 3. The fourth-order valence-corrected chi connectivity index (χ4v) is 4.34. The van der Waals surface area contributed by atoms with Gasteiger partial charge < -0.3 is 0 Å². The molecule has 0 aliphatic heterocycles. The Hall–Kier alpha value is -3.95. The molecule has 0 atom stereocenters. The summed E-state index contributed by atoms with van der Waals surface area (Å²) in [5, 5.41) is 7.93. The Morgan fingerprint density at radius 2 is 1.22 bits per heavy atom. The van der Waals surface area contributed by atoms with E-state index in [9.17, 15) is 0 Å². The lowest BCUT2D eigenvalue weighted by molar-refractivity contribution is 0.918. The highest BCUT2D eigenvalue weighted by Gasteiger charge is 2.21. The van der Waals surface area contributed by atoms with E-state index in [1.807, 2.05) is 71.4 Å². The molecule has 0 aliphatic rings. The van der Waals surface area contributed by atoms with Gasteiger partial charge in [0.05, 0.1) is 27.8 Å². The van der Waals surface area contributed by atoms with Crippen LogP contribution in [0.15, 0.2) is 109 Å². The van der Waals surface area contributed by atoms with Gasteiger partial charge in [-0.1, -0.05) is 90.5 Å². The SMILES string of the molecule is Clc1ccc(-c2nn(-c3ccccc3)c3c2c(-c2ccccc2)nc2ccccc23)cc1. The molecule has 0 unspecified atom stereocenters. The summed E-state index contributed by atoms with van der Waals surface area (Å²) < 4.78 is 2.04. The van der Waals surface area contributed by atoms with E-state index in [2.05, 4.69) is 42.5 Å². The molecule has 3 nitrogen and oxygen atoms in total. The largest absolute Gasteiger partial charge is 0.247 e. The van der Waals surface area contributed by atoms with Crippen LogP contribution in [-0.2, 0) is 0 Å². The molecule has 0 spiro atoms. The van der Waals surface area contributed by atoms with Crippen molar-refractivity contribution in [2.75, 3.05) is 0 Å². The summed E-state index contributed by atoms with van der Waals surface area (Å²) in [6.45, 7) is 0. The van der Waals surface area contributed by atoms with Gasteiger partial charge in [-0.25, -0.2) is 9.67 Å². The highest BCUT2D eigenvalue weighted by atomic mass is 35.5. The third-order valence-corrected chi connectivity index (χ3v) is 5.93. The van der Waals surface area contributed by atoms with Crippen molar-refractivity contribution in [2.24, 2.45) is 0 Å². The second-order valence-corrected chi connectivity index (χ2v) is 8.11. The van der Waals surface area contributed by atoms with Crippen molar-refractivity contribution >= 4 is 33.4 Å². The van der Waals surface area contributed by atoms with Crippen molar-refractivity contribution in [1.29, 1.82) is 0 Å². The Morgan fingerprint density at radius 1 is 0.594 bits per heavy atom. The van der Waals surface area contributed by atoms with Crippen molar-refractivity contribution in [3.05, 3.63) is 114 Å². The van der Waals surface area contributed by atoms with Crippen LogP contribution in [0.4, 0.5) is 0 Å². The monoisotopic (exact) mass is 431 g/mol. The number of pyridine rings is 1. The van der Waals surface area contributed by atoms with E-state index in [0.717, 1.165) is 50.0 Å². The van der Waals surface area contributed by atoms with Crippen LogP contribution in [0.2, 0.25) is 5.02 Å². The van der Waals surface area contributed by atoms with Crippen molar-refractivity contribution in [2.45, 2.75) is 0 Å². The van der Waals surface area contributed by atoms with Crippen molar-refractivity contribution in [1.82, 2.24) is 14.8 Å². The predicted octanol–water partition coefficient (Wildman–Crippen LogP) is 7.56. The van der Waals surface area contributed by atoms with Crippen LogP contribution in [0.1, 0.15) is 0 Å². The zero-order valence-electron chi connectivity index (χ0n) is 17.1. The molecular weight excluding hydrogens is 414 g/mol. The van der Waals surface area contributed by atoms with Crippen LogP contribution in [0, 0.1) is 0 Å². The molecule has 4 heteroatoms. The smallest absolute Gasteiger partial charge is 0.103 e. The molecule has 0 saturated heterocycles. The van der Waals surface area contributed by atoms with Gasteiger partial charge in [-0.05, 0) is 30.3 Å². The van der Waals surface area contributed by atoms with Gasteiger partial charge in [0, 0.05) is 21.5 Å². The molecule has 0 fully saturated rings. The Kier molecular flexibility index (Phi) is 4.48. The minimum Gasteiger partial charge on any atom is -0.247 e. The number of nitrogens with zero attached hydrogens (tertiary/aromatic N) is 3. The summed E-state index contributed by atoms with van der Waals surface area (Å²) in [6.07, 6.45) is 0. The molecule has 152 valence electrons. The lowest BCUT2D eigenvalue weighted by atomic mass is 10.00. The maximum atomic E-state index is 6.19. The number of para-hydroxylation sites is 2. The Labute approximate surface area is 190 Å². The molecule has 6 aromatic rings. The molecule has 0 bridgehead atoms. The average molecular weight is 432 g/mol. The lowest BCUT2D eigenvalue weighted by Gasteiger charge is -2.10. The maximum Gasteiger partial charge on any atom is 0.103 e. The van der Waals surface area contributed by atoms with Crippen molar-refractivity contribution < 1.29 is 0 Å². The third kappa shape index (κ3) is 3.06. The molecule has 0 N–H and O–H groups in total. The number of benzene rings is 4. The standard InChI is InChI=1S/C28H18ClN3/c29-21-17-15-20(16-18-21)27-25-26(19-9-3-1-4-10-19)30-24-14-8-7-13-23(24)28(25)32(31-27)22-11-5-2-6-12-22/h1-18H. The zero-order chi connectivity index (χ0) is 21.5. The molecule has 0 saturated carbocycles. The third-order valence-electron chi connectivity index (χ3n) is 5.68. The fraction of sp³-hybridized carbons (Fsp3) is 0. The van der Waals surface area contributed by atoms with Gasteiger partial charge >= 0.3 is 0 Å². The first-order valence-corrected chi connectivity index (χ1v) is 10.9. The van der Waals surface area contributed by atoms with E-state index in [1.54, 1.807) is 0 Å². The number of hydrogen-bond donors (Lipinski definition) is 0. The molecule has 2 aromatic heterocycles. The second-order valence-electron chi connectivity index (χ2n) is 7.67. The first-order valence-electron chi connectivity index (χ1n) is 10.5. The Bertz CT molecular complexity index is 1550. The van der Waals surface area contributed by atoms with E-state index in [4.69, 9.17) is 21.7 Å². The van der Waals surface area contributed by atoms with Crippen LogP contribution < -0.4 is 0 Å². The minimum absolute atomic E-state index is 0.701. The quantitative estimate of drug-likeness (QED) is 0.289. The van der Waals surface area contributed by atoms with E-state index in [-0.39, 0.29) is 0 Å². The molecule has 2 heterocycles. The zero-order valence-corrected chi connectivity index (χ0v) is 17.9. The van der Waals surface area contributed by atoms with Gasteiger partial charge in [-0.15, -0.1) is 0 Å². The summed E-state index contributed by atoms with van der Waals surface area (Å²) >= 11 is 6.19. The first-order chi connectivity index (χ1) is 15.8. The minimum atomic E-state index is 0.701. The second kappa shape index (κ2) is 7.63. The van der Waals surface area contributed by atoms with Crippen molar-refractivity contribution in [3.8, 4) is 28.2 Å². The van der Waals surface area contributed by atoms with Gasteiger partial charge in [0.1, 0.15) is 5.69 Å². The molecule has 32 heavy (non-hydrogen) atoms. The van der Waals surface area contributed by atoms with Gasteiger partial charge in [0.15, 0.2) is 0 Å². The Balaban J connectivity index is 1.82. The summed E-state index contributed by atoms with van der Waals surface area (Å²) in [5.74, 6) is 0. The molecular formula is C28H18ClN3. The maximum absolute atomic E-state index is 6.19. The van der Waals surface area contributed by atoms with Crippen molar-refractivity contribution in [3.63, 3.8) is 0 Å². The van der Waals surface area contributed by atoms with E-state index < -0.39 is 0 Å². The van der Waals surface area contributed by atoms with Crippen LogP contribution in [0.5, 0.6) is 0 Å². The number of aromatic nitrogens is 3. The molecule has 0 aliphatic carbocycles. The molecule has 0 amide bonds. The van der Waals surface area contributed by atoms with Crippen LogP contribution in [0.3, 0.4) is 0 Å². The van der Waals surface area contributed by atoms with Gasteiger partial charge in [-0.2, -0.15) is 5.10 Å². The van der Waals surface area contributed by atoms with Crippen LogP contribution >= 0.6 is 11.6 Å². The predicted molar refractivity (Wildman–Crippen MR) is 132 cm³/mol. The topological polar surface area (TPSA) is 30.7 Å². The summed E-state index contributed by atoms with van der Waals surface area (Å²) in [4.78, 5) is 5.10. The highest BCUT2D eigenvalue weighted by molar-refractivity contribution is 6.30. The highest BCUT2D eigenvalue weighted by Crippen LogP contribution is 2.39. The average Bonchev–Trinajstić information content (AvgIpc) is 3.26. The van der Waals surface area contributed by atoms with Gasteiger partial charge in [0.25, 0.3) is 0 Å². The summed E-state index contributed by atoms with van der Waals surface area (Å²) in [5.41, 5.74) is 6.87. The first kappa shape index (κ1) is 18.8. The van der Waals surface area contributed by atoms with Crippen LogP contribution in [-0.4, -0.2) is 14.8 Å². The van der Waals surface area contributed by atoms with E-state index in [1.165, 1.54) is 0 Å². The lowest BCUT2D eigenvalue weighted by Crippen LogP contribution is -1.97. The molecule has 4 aromatic carbocycles. The van der Waals surface area contributed by atoms with Gasteiger partial charge in [0.2, 0.25) is 0 Å². The number of hydrogen-bond acceptors (Lipinski definition) is 2. The Morgan fingerprint density at radius 3 is 1.97 bits per heavy atom. The van der Waals surface area contributed by atoms with Gasteiger partial charge in [-0.3, -0.25) is 0 Å². The summed E-state index contributed by atoms with van der Waals surface area (Å²) in [6, 6.07) is 36.7. The van der Waals surface area contributed by atoms with Crippen LogP contribution in [0.25, 0.3) is 50.0 Å². The summed E-state index contributed by atoms with van der Waals surface area (Å²) in [7, 11) is 0. The number of halogens is 1. The fourth-order valence-electron chi connectivity index (χ4n) is 4.21. The normalized spacial score (nSPS) is 11.3. The number of fused-ring (bicyclic) bond motifs is 3.